The number of nitrogens with two attached hydrogens (primary N) is 1. The van der Waals surface area contributed by atoms with E-state index in [0.29, 0.717) is 0 Å². The maximum absolute atomic E-state index is 12.3. The SMILES string of the molecule is CC1(C)SC(C)(C)C1NC(=O)[C@@H](CO)NC(=O)[C@@H](N)CC(=O)O. The Labute approximate surface area is 139 Å². The Morgan fingerprint density at radius 1 is 1.17 bits per heavy atom. The average molecular weight is 347 g/mol. The fourth-order valence-electron chi connectivity index (χ4n) is 2.92. The van der Waals surface area contributed by atoms with Crippen LogP contribution in [0, 0.1) is 0 Å². The molecule has 1 heterocycles. The Kier molecular flexibility index (Phi) is 6.06. The van der Waals surface area contributed by atoms with Crippen molar-refractivity contribution >= 4 is 29.5 Å². The van der Waals surface area contributed by atoms with Crippen LogP contribution < -0.4 is 16.4 Å². The highest BCUT2D eigenvalue weighted by atomic mass is 32.2. The molecule has 0 radical (unpaired) electrons. The summed E-state index contributed by atoms with van der Waals surface area (Å²) < 4.78 is -0.300. The van der Waals surface area contributed by atoms with E-state index in [4.69, 9.17) is 10.8 Å². The number of carbonyl (C=O) groups is 3. The summed E-state index contributed by atoms with van der Waals surface area (Å²) in [6.07, 6.45) is -0.551. The molecule has 23 heavy (non-hydrogen) atoms. The Balaban J connectivity index is 2.65. The van der Waals surface area contributed by atoms with Crippen LogP contribution in [0.25, 0.3) is 0 Å². The van der Waals surface area contributed by atoms with Gasteiger partial charge in [0.1, 0.15) is 6.04 Å². The molecular weight excluding hydrogens is 322 g/mol. The summed E-state index contributed by atoms with van der Waals surface area (Å²) in [5.41, 5.74) is 5.44. The smallest absolute Gasteiger partial charge is 0.305 e. The van der Waals surface area contributed by atoms with Crippen molar-refractivity contribution in [3.63, 3.8) is 0 Å². The number of rotatable bonds is 7. The van der Waals surface area contributed by atoms with Crippen molar-refractivity contribution in [1.29, 1.82) is 0 Å². The number of amides is 2. The van der Waals surface area contributed by atoms with Crippen LogP contribution >= 0.6 is 11.8 Å². The van der Waals surface area contributed by atoms with E-state index in [9.17, 15) is 19.5 Å². The van der Waals surface area contributed by atoms with Gasteiger partial charge in [0.05, 0.1) is 25.1 Å². The van der Waals surface area contributed by atoms with Gasteiger partial charge in [0, 0.05) is 9.49 Å². The molecule has 1 saturated heterocycles. The Morgan fingerprint density at radius 3 is 2.09 bits per heavy atom. The number of aliphatic hydroxyl groups excluding tert-OH is 1. The number of hydrogen-bond donors (Lipinski definition) is 5. The first-order chi connectivity index (χ1) is 10.4. The topological polar surface area (TPSA) is 142 Å². The Bertz CT molecular complexity index is 481. The van der Waals surface area contributed by atoms with Gasteiger partial charge >= 0.3 is 5.97 Å². The number of aliphatic hydroxyl groups is 1. The molecule has 1 aliphatic rings. The third-order valence-corrected chi connectivity index (χ3v) is 5.27. The van der Waals surface area contributed by atoms with E-state index in [2.05, 4.69) is 10.6 Å². The van der Waals surface area contributed by atoms with Gasteiger partial charge in [-0.3, -0.25) is 14.4 Å². The average Bonchev–Trinajstić information content (AvgIpc) is 2.39. The zero-order valence-electron chi connectivity index (χ0n) is 13.8. The van der Waals surface area contributed by atoms with Gasteiger partial charge in [-0.2, -0.15) is 0 Å². The molecule has 0 unspecified atom stereocenters. The highest BCUT2D eigenvalue weighted by Crippen LogP contribution is 2.54. The summed E-state index contributed by atoms with van der Waals surface area (Å²) in [6.45, 7) is 7.41. The zero-order valence-corrected chi connectivity index (χ0v) is 14.6. The van der Waals surface area contributed by atoms with E-state index in [1.807, 2.05) is 27.7 Å². The molecule has 0 aromatic rings. The first-order valence-corrected chi connectivity index (χ1v) is 8.11. The molecule has 9 heteroatoms. The number of carboxylic acid groups (broad SMARTS) is 1. The fourth-order valence-corrected chi connectivity index (χ4v) is 5.03. The highest BCUT2D eigenvalue weighted by Gasteiger charge is 2.55. The normalized spacial score (nSPS) is 21.7. The number of thioether (sulfide) groups is 1. The number of aliphatic carboxylic acids is 1. The third-order valence-electron chi connectivity index (χ3n) is 3.75. The van der Waals surface area contributed by atoms with Crippen LogP contribution in [0.5, 0.6) is 0 Å². The minimum atomic E-state index is -1.28. The van der Waals surface area contributed by atoms with E-state index in [-0.39, 0.29) is 15.5 Å². The van der Waals surface area contributed by atoms with Crippen LogP contribution in [-0.4, -0.2) is 62.2 Å². The second-order valence-corrected chi connectivity index (χ2v) is 9.01. The lowest BCUT2D eigenvalue weighted by molar-refractivity contribution is -0.139. The molecule has 8 nitrogen and oxygen atoms in total. The van der Waals surface area contributed by atoms with E-state index in [1.54, 1.807) is 11.8 Å². The predicted molar refractivity (Wildman–Crippen MR) is 86.9 cm³/mol. The monoisotopic (exact) mass is 347 g/mol. The van der Waals surface area contributed by atoms with Crippen molar-refractivity contribution in [1.82, 2.24) is 10.6 Å². The van der Waals surface area contributed by atoms with Crippen LogP contribution in [0.2, 0.25) is 0 Å². The van der Waals surface area contributed by atoms with Crippen LogP contribution in [0.3, 0.4) is 0 Å². The molecule has 0 saturated carbocycles. The van der Waals surface area contributed by atoms with Crippen molar-refractivity contribution in [2.75, 3.05) is 6.61 Å². The predicted octanol–water partition coefficient (Wildman–Crippen LogP) is -0.946. The molecule has 1 fully saturated rings. The number of hydrogen-bond acceptors (Lipinski definition) is 6. The molecule has 2 amide bonds. The molecule has 0 aromatic heterocycles. The summed E-state index contributed by atoms with van der Waals surface area (Å²) in [6, 6.07) is -2.56. The first kappa shape index (κ1) is 19.7. The molecule has 6 N–H and O–H groups in total. The van der Waals surface area contributed by atoms with Crippen LogP contribution in [0.4, 0.5) is 0 Å². The lowest BCUT2D eigenvalue weighted by Crippen LogP contribution is -2.69. The van der Waals surface area contributed by atoms with Crippen LogP contribution in [0.1, 0.15) is 34.1 Å². The molecule has 0 aliphatic carbocycles. The largest absolute Gasteiger partial charge is 0.481 e. The molecule has 132 valence electrons. The van der Waals surface area contributed by atoms with E-state index < -0.39 is 42.9 Å². The molecule has 2 atom stereocenters. The quantitative estimate of drug-likeness (QED) is 0.400. The lowest BCUT2D eigenvalue weighted by Gasteiger charge is -2.57. The van der Waals surface area contributed by atoms with Gasteiger partial charge in [-0.15, -0.1) is 11.8 Å². The van der Waals surface area contributed by atoms with E-state index in [0.717, 1.165) is 0 Å². The summed E-state index contributed by atoms with van der Waals surface area (Å²) in [5.74, 6) is -2.52. The number of carbonyl (C=O) groups excluding carboxylic acids is 2. The van der Waals surface area contributed by atoms with Crippen molar-refractivity contribution in [3.8, 4) is 0 Å². The van der Waals surface area contributed by atoms with Crippen molar-refractivity contribution in [3.05, 3.63) is 0 Å². The molecule has 0 spiro atoms. The summed E-state index contributed by atoms with van der Waals surface area (Å²) in [5, 5.41) is 23.1. The van der Waals surface area contributed by atoms with Gasteiger partial charge in [-0.25, -0.2) is 0 Å². The molecule has 1 rings (SSSR count). The minimum Gasteiger partial charge on any atom is -0.481 e. The summed E-state index contributed by atoms with van der Waals surface area (Å²) in [4.78, 5) is 34.6. The first-order valence-electron chi connectivity index (χ1n) is 7.30. The molecule has 0 aromatic carbocycles. The van der Waals surface area contributed by atoms with E-state index in [1.165, 1.54) is 0 Å². The van der Waals surface area contributed by atoms with E-state index >= 15 is 0 Å². The van der Waals surface area contributed by atoms with Gasteiger partial charge in [-0.1, -0.05) is 0 Å². The van der Waals surface area contributed by atoms with Crippen molar-refractivity contribution in [2.45, 2.75) is 61.7 Å². The van der Waals surface area contributed by atoms with Gasteiger partial charge in [0.2, 0.25) is 11.8 Å². The van der Waals surface area contributed by atoms with Gasteiger partial charge in [0.15, 0.2) is 0 Å². The lowest BCUT2D eigenvalue weighted by atomic mass is 9.89. The van der Waals surface area contributed by atoms with Gasteiger partial charge in [-0.05, 0) is 27.7 Å². The summed E-state index contributed by atoms with van der Waals surface area (Å²) in [7, 11) is 0. The maximum atomic E-state index is 12.3. The van der Waals surface area contributed by atoms with Gasteiger partial charge in [0.25, 0.3) is 0 Å². The van der Waals surface area contributed by atoms with Gasteiger partial charge < -0.3 is 26.6 Å². The van der Waals surface area contributed by atoms with Crippen molar-refractivity contribution < 1.29 is 24.6 Å². The minimum absolute atomic E-state index is 0.119. The van der Waals surface area contributed by atoms with Crippen LogP contribution in [-0.2, 0) is 14.4 Å². The molecule has 0 bridgehead atoms. The molecular formula is C14H25N3O5S. The second kappa shape index (κ2) is 7.06. The van der Waals surface area contributed by atoms with Crippen molar-refractivity contribution in [2.24, 2.45) is 5.73 Å². The highest BCUT2D eigenvalue weighted by molar-refractivity contribution is 8.03. The number of carboxylic acids is 1. The standard InChI is InChI=1S/C14H25N3O5S/c1-13(2)12(14(3,4)23-13)17-11(22)8(6-18)16-10(21)7(15)5-9(19)20/h7-8,12,18H,5-6,15H2,1-4H3,(H,16,21)(H,17,22)(H,19,20)/t7-,8+/m0/s1. The summed E-state index contributed by atoms with van der Waals surface area (Å²) >= 11 is 1.73. The fraction of sp³-hybridized carbons (Fsp3) is 0.786. The Hall–Kier alpha value is -1.32. The third kappa shape index (κ3) is 4.82. The Morgan fingerprint density at radius 2 is 1.70 bits per heavy atom. The second-order valence-electron chi connectivity index (χ2n) is 6.70. The maximum Gasteiger partial charge on any atom is 0.305 e. The van der Waals surface area contributed by atoms with Crippen LogP contribution in [0.15, 0.2) is 0 Å². The number of nitrogens with one attached hydrogen (secondary N) is 2. The molecule has 1 aliphatic heterocycles. The zero-order chi connectivity index (χ0) is 18.0.